The van der Waals surface area contributed by atoms with Gasteiger partial charge in [-0.1, -0.05) is 48.5 Å². The summed E-state index contributed by atoms with van der Waals surface area (Å²) in [5.41, 5.74) is 3.19. The minimum atomic E-state index is -1.13. The molecule has 2 amide bonds. The minimum absolute atomic E-state index is 0.0512. The van der Waals surface area contributed by atoms with Crippen LogP contribution < -0.4 is 5.32 Å². The molecule has 1 unspecified atom stereocenters. The number of ether oxygens (including phenoxy) is 2. The molecule has 0 saturated carbocycles. The Bertz CT molecular complexity index is 1030. The van der Waals surface area contributed by atoms with Gasteiger partial charge in [-0.25, -0.2) is 4.79 Å². The molecular formula is C25H28N2O7. The minimum Gasteiger partial charge on any atom is -0.481 e. The molecule has 1 heterocycles. The Labute approximate surface area is 197 Å². The Morgan fingerprint density at radius 2 is 1.68 bits per heavy atom. The Balaban J connectivity index is 1.39. The quantitative estimate of drug-likeness (QED) is 0.514. The van der Waals surface area contributed by atoms with E-state index >= 15 is 0 Å². The molecule has 3 N–H and O–H groups in total. The maximum atomic E-state index is 12.9. The van der Waals surface area contributed by atoms with Gasteiger partial charge in [-0.3, -0.25) is 9.59 Å². The number of aliphatic carboxylic acids is 1. The summed E-state index contributed by atoms with van der Waals surface area (Å²) < 4.78 is 10.5. The topological polar surface area (TPSA) is 125 Å². The number of fused-ring (bicyclic) bond motifs is 3. The lowest BCUT2D eigenvalue weighted by Crippen LogP contribution is -2.68. The standard InChI is InChI=1S/C25H28N2O7/c1-33-15-25(32)13-27(14-25)23(30)21(10-11-22(28)29)26-24(31)34-12-20-18-8-4-2-6-16(18)17-7-3-5-9-19(17)20/h2-9,20-21,32H,10-15H2,1H3,(H,26,31)(H,28,29). The lowest BCUT2D eigenvalue weighted by atomic mass is 9.93. The third-order valence-corrected chi connectivity index (χ3v) is 6.28. The van der Waals surface area contributed by atoms with Crippen molar-refractivity contribution in [2.45, 2.75) is 30.4 Å². The van der Waals surface area contributed by atoms with Gasteiger partial charge in [0.25, 0.3) is 0 Å². The number of nitrogens with zero attached hydrogens (tertiary/aromatic N) is 1. The molecule has 1 aliphatic heterocycles. The largest absolute Gasteiger partial charge is 0.481 e. The second-order valence-corrected chi connectivity index (χ2v) is 8.81. The summed E-state index contributed by atoms with van der Waals surface area (Å²) in [5, 5.41) is 21.8. The fraction of sp³-hybridized carbons (Fsp3) is 0.400. The van der Waals surface area contributed by atoms with Crippen LogP contribution in [0.2, 0.25) is 0 Å². The van der Waals surface area contributed by atoms with Gasteiger partial charge in [0.05, 0.1) is 19.7 Å². The smallest absolute Gasteiger partial charge is 0.407 e. The molecule has 1 fully saturated rings. The van der Waals surface area contributed by atoms with Crippen LogP contribution in [0.3, 0.4) is 0 Å². The summed E-state index contributed by atoms with van der Waals surface area (Å²) in [6.45, 7) is 0.263. The summed E-state index contributed by atoms with van der Waals surface area (Å²) in [6.07, 6.45) is -1.17. The molecule has 2 aromatic rings. The number of rotatable bonds is 9. The highest BCUT2D eigenvalue weighted by atomic mass is 16.5. The van der Waals surface area contributed by atoms with Crippen LogP contribution in [0.25, 0.3) is 11.1 Å². The van der Waals surface area contributed by atoms with E-state index in [2.05, 4.69) is 5.32 Å². The zero-order valence-electron chi connectivity index (χ0n) is 18.9. The SMILES string of the molecule is COCC1(O)CN(C(=O)C(CCC(=O)O)NC(=O)OCC2c3ccccc3-c3ccccc32)C1. The summed E-state index contributed by atoms with van der Waals surface area (Å²) in [5.74, 6) is -1.67. The van der Waals surface area contributed by atoms with Crippen LogP contribution in [-0.4, -0.2) is 78.1 Å². The molecule has 9 heteroatoms. The average molecular weight is 469 g/mol. The molecule has 0 bridgehead atoms. The lowest BCUT2D eigenvalue weighted by Gasteiger charge is -2.47. The van der Waals surface area contributed by atoms with Crippen molar-refractivity contribution in [2.75, 3.05) is 33.4 Å². The van der Waals surface area contributed by atoms with E-state index in [4.69, 9.17) is 14.6 Å². The highest BCUT2D eigenvalue weighted by Gasteiger charge is 2.45. The van der Waals surface area contributed by atoms with E-state index in [1.807, 2.05) is 48.5 Å². The predicted octanol–water partition coefficient (Wildman–Crippen LogP) is 1.98. The zero-order valence-corrected chi connectivity index (χ0v) is 18.9. The summed E-state index contributed by atoms with van der Waals surface area (Å²) in [6, 6.07) is 14.8. The number of β-amino-alcohol motifs (C(OH)–C–C–N with tert-alkyl or cyclic N) is 1. The van der Waals surface area contributed by atoms with E-state index in [0.29, 0.717) is 0 Å². The fourth-order valence-corrected chi connectivity index (χ4v) is 4.71. The third kappa shape index (κ3) is 4.90. The van der Waals surface area contributed by atoms with Gasteiger partial charge in [-0.15, -0.1) is 0 Å². The normalized spacial score (nSPS) is 16.7. The first-order valence-corrected chi connectivity index (χ1v) is 11.1. The van der Waals surface area contributed by atoms with Crippen molar-refractivity contribution in [1.82, 2.24) is 10.2 Å². The van der Waals surface area contributed by atoms with E-state index in [1.54, 1.807) is 0 Å². The van der Waals surface area contributed by atoms with Crippen molar-refractivity contribution in [2.24, 2.45) is 0 Å². The third-order valence-electron chi connectivity index (χ3n) is 6.28. The van der Waals surface area contributed by atoms with Crippen molar-refractivity contribution in [3.8, 4) is 11.1 Å². The van der Waals surface area contributed by atoms with Crippen LogP contribution in [0.4, 0.5) is 4.79 Å². The van der Waals surface area contributed by atoms with Crippen LogP contribution in [0.5, 0.6) is 0 Å². The number of methoxy groups -OCH3 is 1. The molecule has 1 aliphatic carbocycles. The van der Waals surface area contributed by atoms with Gasteiger partial charge in [-0.2, -0.15) is 0 Å². The van der Waals surface area contributed by atoms with Gasteiger partial charge >= 0.3 is 12.1 Å². The number of benzene rings is 2. The van der Waals surface area contributed by atoms with Gasteiger partial charge in [0.2, 0.25) is 5.91 Å². The predicted molar refractivity (Wildman–Crippen MR) is 122 cm³/mol. The maximum Gasteiger partial charge on any atom is 0.407 e. The number of carbonyl (C=O) groups excluding carboxylic acids is 2. The number of aliphatic hydroxyl groups is 1. The fourth-order valence-electron chi connectivity index (χ4n) is 4.71. The molecule has 2 aromatic carbocycles. The Kier molecular flexibility index (Phi) is 6.85. The molecule has 1 atom stereocenters. The zero-order chi connectivity index (χ0) is 24.3. The van der Waals surface area contributed by atoms with Crippen LogP contribution in [-0.2, 0) is 19.1 Å². The maximum absolute atomic E-state index is 12.9. The van der Waals surface area contributed by atoms with Gasteiger partial charge in [0.1, 0.15) is 18.2 Å². The van der Waals surface area contributed by atoms with Crippen molar-refractivity contribution < 1.29 is 34.1 Å². The number of carboxylic acid groups (broad SMARTS) is 1. The van der Waals surface area contributed by atoms with Crippen molar-refractivity contribution in [3.05, 3.63) is 59.7 Å². The van der Waals surface area contributed by atoms with Gasteiger partial charge in [0, 0.05) is 19.4 Å². The summed E-state index contributed by atoms with van der Waals surface area (Å²) in [7, 11) is 1.46. The highest BCUT2D eigenvalue weighted by Crippen LogP contribution is 2.44. The van der Waals surface area contributed by atoms with Crippen molar-refractivity contribution >= 4 is 18.0 Å². The number of alkyl carbamates (subject to hydrolysis) is 1. The Morgan fingerprint density at radius 1 is 1.09 bits per heavy atom. The molecule has 0 spiro atoms. The van der Waals surface area contributed by atoms with E-state index in [9.17, 15) is 19.5 Å². The first kappa shape index (κ1) is 23.7. The number of hydrogen-bond acceptors (Lipinski definition) is 6. The van der Waals surface area contributed by atoms with Crippen LogP contribution in [0.1, 0.15) is 29.9 Å². The van der Waals surface area contributed by atoms with Crippen LogP contribution >= 0.6 is 0 Å². The number of carbonyl (C=O) groups is 3. The molecular weight excluding hydrogens is 440 g/mol. The second kappa shape index (κ2) is 9.82. The van der Waals surface area contributed by atoms with E-state index in [-0.39, 0.29) is 45.1 Å². The highest BCUT2D eigenvalue weighted by molar-refractivity contribution is 5.87. The molecule has 0 aromatic heterocycles. The molecule has 9 nitrogen and oxygen atoms in total. The number of likely N-dealkylation sites (tertiary alicyclic amines) is 1. The first-order valence-electron chi connectivity index (χ1n) is 11.1. The molecule has 34 heavy (non-hydrogen) atoms. The molecule has 2 aliphatic rings. The van der Waals surface area contributed by atoms with Gasteiger partial charge in [0.15, 0.2) is 0 Å². The first-order chi connectivity index (χ1) is 16.3. The summed E-state index contributed by atoms with van der Waals surface area (Å²) in [4.78, 5) is 37.9. The monoisotopic (exact) mass is 468 g/mol. The van der Waals surface area contributed by atoms with E-state index in [0.717, 1.165) is 22.3 Å². The second-order valence-electron chi connectivity index (χ2n) is 8.81. The lowest BCUT2D eigenvalue weighted by molar-refractivity contribution is -0.166. The molecule has 180 valence electrons. The Hall–Kier alpha value is -3.43. The van der Waals surface area contributed by atoms with Crippen molar-refractivity contribution in [3.63, 3.8) is 0 Å². The van der Waals surface area contributed by atoms with Gasteiger partial charge in [-0.05, 0) is 28.7 Å². The van der Waals surface area contributed by atoms with Crippen LogP contribution in [0.15, 0.2) is 48.5 Å². The van der Waals surface area contributed by atoms with E-state index < -0.39 is 29.6 Å². The molecule has 4 rings (SSSR count). The summed E-state index contributed by atoms with van der Waals surface area (Å²) >= 11 is 0. The van der Waals surface area contributed by atoms with Crippen molar-refractivity contribution in [1.29, 1.82) is 0 Å². The van der Waals surface area contributed by atoms with Gasteiger partial charge < -0.3 is 29.9 Å². The number of carboxylic acids is 1. The number of hydrogen-bond donors (Lipinski definition) is 3. The van der Waals surface area contributed by atoms with Crippen LogP contribution in [0, 0.1) is 0 Å². The molecule has 1 saturated heterocycles. The van der Waals surface area contributed by atoms with E-state index in [1.165, 1.54) is 12.0 Å². The Morgan fingerprint density at radius 3 is 2.24 bits per heavy atom. The molecule has 0 radical (unpaired) electrons. The number of nitrogens with one attached hydrogen (secondary N) is 1. The number of amides is 2. The average Bonchev–Trinajstić information content (AvgIpc) is 3.12.